The lowest BCUT2D eigenvalue weighted by atomic mass is 10.0. The molecule has 1 atom stereocenters. The fourth-order valence-corrected chi connectivity index (χ4v) is 1.45. The molecule has 0 saturated heterocycles. The SMILES string of the molecule is C1=NC2=CCC[N]C2CC1. The van der Waals surface area contributed by atoms with Crippen LogP contribution in [-0.2, 0) is 0 Å². The summed E-state index contributed by atoms with van der Waals surface area (Å²) >= 11 is 0. The minimum atomic E-state index is 0.443. The van der Waals surface area contributed by atoms with Gasteiger partial charge in [-0.3, -0.25) is 4.99 Å². The standard InChI is InChI=1S/C8H11N2/c1-3-7-8(9-5-1)4-2-6-10-7/h3,6,8H,1-2,4-5H2. The molecule has 0 N–H and O–H groups in total. The van der Waals surface area contributed by atoms with Gasteiger partial charge in [-0.2, -0.15) is 0 Å². The maximum atomic E-state index is 4.47. The summed E-state index contributed by atoms with van der Waals surface area (Å²) in [7, 11) is 0. The molecule has 1 unspecified atom stereocenters. The Morgan fingerprint density at radius 1 is 1.40 bits per heavy atom. The summed E-state index contributed by atoms with van der Waals surface area (Å²) in [5.41, 5.74) is 1.21. The second kappa shape index (κ2) is 2.54. The van der Waals surface area contributed by atoms with E-state index in [1.165, 1.54) is 12.1 Å². The van der Waals surface area contributed by atoms with Crippen molar-refractivity contribution in [3.8, 4) is 0 Å². The zero-order valence-electron chi connectivity index (χ0n) is 5.95. The van der Waals surface area contributed by atoms with E-state index in [1.807, 2.05) is 6.21 Å². The van der Waals surface area contributed by atoms with E-state index >= 15 is 0 Å². The van der Waals surface area contributed by atoms with E-state index in [0.29, 0.717) is 6.04 Å². The Hall–Kier alpha value is -0.630. The van der Waals surface area contributed by atoms with Crippen LogP contribution in [-0.4, -0.2) is 18.8 Å². The molecule has 0 aromatic rings. The van der Waals surface area contributed by atoms with Crippen molar-refractivity contribution in [3.63, 3.8) is 0 Å². The predicted octanol–water partition coefficient (Wildman–Crippen LogP) is 1.11. The van der Waals surface area contributed by atoms with Crippen LogP contribution in [0.5, 0.6) is 0 Å². The molecule has 0 bridgehead atoms. The summed E-state index contributed by atoms with van der Waals surface area (Å²) in [6.45, 7) is 1.00. The van der Waals surface area contributed by atoms with Crippen LogP contribution in [0.4, 0.5) is 0 Å². The first-order valence-electron chi connectivity index (χ1n) is 3.86. The molecule has 53 valence electrons. The van der Waals surface area contributed by atoms with Gasteiger partial charge in [-0.15, -0.1) is 0 Å². The van der Waals surface area contributed by atoms with Gasteiger partial charge in [0, 0.05) is 12.8 Å². The fraction of sp³-hybridized carbons (Fsp3) is 0.625. The molecule has 2 aliphatic rings. The Bertz CT molecular complexity index is 182. The minimum Gasteiger partial charge on any atom is -0.264 e. The van der Waals surface area contributed by atoms with Crippen LogP contribution >= 0.6 is 0 Å². The van der Waals surface area contributed by atoms with E-state index in [0.717, 1.165) is 19.4 Å². The molecular formula is C8H11N2. The van der Waals surface area contributed by atoms with Crippen molar-refractivity contribution in [1.29, 1.82) is 0 Å². The quantitative estimate of drug-likeness (QED) is 0.475. The molecule has 1 radical (unpaired) electrons. The number of fused-ring (bicyclic) bond motifs is 1. The minimum absolute atomic E-state index is 0.443. The van der Waals surface area contributed by atoms with Crippen molar-refractivity contribution in [2.75, 3.05) is 6.54 Å². The first-order chi connectivity index (χ1) is 4.97. The highest BCUT2D eigenvalue weighted by molar-refractivity contribution is 5.61. The van der Waals surface area contributed by atoms with Crippen LogP contribution in [0, 0.1) is 0 Å². The molecule has 0 saturated carbocycles. The lowest BCUT2D eigenvalue weighted by Gasteiger charge is -2.23. The fourth-order valence-electron chi connectivity index (χ4n) is 1.45. The summed E-state index contributed by atoms with van der Waals surface area (Å²) < 4.78 is 0. The van der Waals surface area contributed by atoms with Gasteiger partial charge in [0.25, 0.3) is 0 Å². The van der Waals surface area contributed by atoms with Gasteiger partial charge < -0.3 is 0 Å². The summed E-state index contributed by atoms with van der Waals surface area (Å²) in [4.78, 5) is 4.29. The second-order valence-corrected chi connectivity index (χ2v) is 2.73. The maximum absolute atomic E-state index is 4.47. The molecule has 0 amide bonds. The molecule has 2 aliphatic heterocycles. The van der Waals surface area contributed by atoms with E-state index in [2.05, 4.69) is 16.4 Å². The highest BCUT2D eigenvalue weighted by atomic mass is 15.0. The summed E-state index contributed by atoms with van der Waals surface area (Å²) in [5.74, 6) is 0. The Labute approximate surface area is 61.0 Å². The van der Waals surface area contributed by atoms with E-state index in [4.69, 9.17) is 0 Å². The van der Waals surface area contributed by atoms with Crippen LogP contribution in [0.25, 0.3) is 0 Å². The number of hydrogen-bond donors (Lipinski definition) is 0. The molecule has 2 heterocycles. The van der Waals surface area contributed by atoms with Crippen molar-refractivity contribution in [2.45, 2.75) is 25.3 Å². The molecule has 2 nitrogen and oxygen atoms in total. The molecule has 0 aromatic heterocycles. The number of hydrogen-bond acceptors (Lipinski definition) is 1. The summed E-state index contributed by atoms with van der Waals surface area (Å²) in [5, 5.41) is 4.47. The summed E-state index contributed by atoms with van der Waals surface area (Å²) in [6.07, 6.45) is 7.58. The molecule has 2 heteroatoms. The molecule has 0 aromatic carbocycles. The van der Waals surface area contributed by atoms with Crippen molar-refractivity contribution >= 4 is 6.21 Å². The van der Waals surface area contributed by atoms with Gasteiger partial charge in [0.2, 0.25) is 0 Å². The smallest absolute Gasteiger partial charge is 0.0667 e. The van der Waals surface area contributed by atoms with E-state index < -0.39 is 0 Å². The van der Waals surface area contributed by atoms with Crippen LogP contribution in [0.3, 0.4) is 0 Å². The normalized spacial score (nSPS) is 31.2. The van der Waals surface area contributed by atoms with Crippen molar-refractivity contribution in [1.82, 2.24) is 5.32 Å². The summed E-state index contributed by atoms with van der Waals surface area (Å²) in [6, 6.07) is 0.443. The van der Waals surface area contributed by atoms with E-state index in [-0.39, 0.29) is 0 Å². The van der Waals surface area contributed by atoms with E-state index in [1.54, 1.807) is 0 Å². The van der Waals surface area contributed by atoms with Crippen LogP contribution in [0.1, 0.15) is 19.3 Å². The van der Waals surface area contributed by atoms with Crippen LogP contribution in [0.2, 0.25) is 0 Å². The molecular weight excluding hydrogens is 124 g/mol. The van der Waals surface area contributed by atoms with Gasteiger partial charge in [0.05, 0.1) is 11.7 Å². The number of aliphatic imine (C=N–C) groups is 1. The highest BCUT2D eigenvalue weighted by Crippen LogP contribution is 2.19. The third-order valence-electron chi connectivity index (χ3n) is 1.98. The predicted molar refractivity (Wildman–Crippen MR) is 41.2 cm³/mol. The third kappa shape index (κ3) is 0.991. The molecule has 0 spiro atoms. The molecule has 2 rings (SSSR count). The topological polar surface area (TPSA) is 26.5 Å². The van der Waals surface area contributed by atoms with Crippen molar-refractivity contribution < 1.29 is 0 Å². The van der Waals surface area contributed by atoms with Crippen LogP contribution < -0.4 is 5.32 Å². The van der Waals surface area contributed by atoms with Gasteiger partial charge in [-0.05, 0) is 19.3 Å². The van der Waals surface area contributed by atoms with Gasteiger partial charge in [-0.1, -0.05) is 6.08 Å². The first kappa shape index (κ1) is 6.10. The largest absolute Gasteiger partial charge is 0.264 e. The second-order valence-electron chi connectivity index (χ2n) is 2.73. The monoisotopic (exact) mass is 135 g/mol. The zero-order chi connectivity index (χ0) is 6.81. The Morgan fingerprint density at radius 3 is 3.30 bits per heavy atom. The van der Waals surface area contributed by atoms with Crippen molar-refractivity contribution in [3.05, 3.63) is 11.8 Å². The average Bonchev–Trinajstić information content (AvgIpc) is 2.05. The Kier molecular flexibility index (Phi) is 1.55. The highest BCUT2D eigenvalue weighted by Gasteiger charge is 2.18. The Balaban J connectivity index is 2.21. The van der Waals surface area contributed by atoms with Crippen molar-refractivity contribution in [2.24, 2.45) is 4.99 Å². The van der Waals surface area contributed by atoms with Gasteiger partial charge in [0.15, 0.2) is 0 Å². The van der Waals surface area contributed by atoms with Gasteiger partial charge in [-0.25, -0.2) is 5.32 Å². The zero-order valence-corrected chi connectivity index (χ0v) is 5.95. The lowest BCUT2D eigenvalue weighted by Crippen LogP contribution is -2.29. The number of rotatable bonds is 0. The number of nitrogens with zero attached hydrogens (tertiary/aromatic N) is 2. The van der Waals surface area contributed by atoms with Gasteiger partial charge >= 0.3 is 0 Å². The molecule has 0 fully saturated rings. The lowest BCUT2D eigenvalue weighted by molar-refractivity contribution is 0.503. The molecule has 0 aliphatic carbocycles. The van der Waals surface area contributed by atoms with Gasteiger partial charge in [0.1, 0.15) is 0 Å². The first-order valence-corrected chi connectivity index (χ1v) is 3.86. The average molecular weight is 135 g/mol. The Morgan fingerprint density at radius 2 is 2.40 bits per heavy atom. The third-order valence-corrected chi connectivity index (χ3v) is 1.98. The van der Waals surface area contributed by atoms with Crippen LogP contribution in [0.15, 0.2) is 16.8 Å². The maximum Gasteiger partial charge on any atom is 0.0667 e. The molecule has 10 heavy (non-hydrogen) atoms. The van der Waals surface area contributed by atoms with E-state index in [9.17, 15) is 0 Å².